The van der Waals surface area contributed by atoms with Crippen LogP contribution in [-0.2, 0) is 9.59 Å². The predicted molar refractivity (Wildman–Crippen MR) is 49.4 cm³/mol. The molecule has 2 atom stereocenters. The number of halogens is 1. The zero-order valence-corrected chi connectivity index (χ0v) is 8.42. The SMILES string of the molecule is CC1NC(=O)CC(C)N(CCF)C1=O. The molecular formula is C9H15FN2O2. The smallest absolute Gasteiger partial charge is 0.245 e. The molecule has 0 saturated carbocycles. The molecular weight excluding hydrogens is 187 g/mol. The summed E-state index contributed by atoms with van der Waals surface area (Å²) in [4.78, 5) is 24.3. The van der Waals surface area contributed by atoms with E-state index in [1.807, 2.05) is 0 Å². The summed E-state index contributed by atoms with van der Waals surface area (Å²) in [5.41, 5.74) is 0. The molecule has 14 heavy (non-hydrogen) atoms. The second-order valence-corrected chi connectivity index (χ2v) is 3.56. The quantitative estimate of drug-likeness (QED) is 0.689. The lowest BCUT2D eigenvalue weighted by molar-refractivity contribution is -0.134. The molecule has 0 aliphatic carbocycles. The molecule has 1 aliphatic heterocycles. The van der Waals surface area contributed by atoms with Crippen LogP contribution < -0.4 is 5.32 Å². The van der Waals surface area contributed by atoms with E-state index in [-0.39, 0.29) is 30.8 Å². The van der Waals surface area contributed by atoms with E-state index in [2.05, 4.69) is 5.32 Å². The maximum Gasteiger partial charge on any atom is 0.245 e. The van der Waals surface area contributed by atoms with Gasteiger partial charge in [0.15, 0.2) is 0 Å². The Morgan fingerprint density at radius 2 is 2.14 bits per heavy atom. The third-order valence-corrected chi connectivity index (χ3v) is 2.37. The van der Waals surface area contributed by atoms with E-state index in [0.717, 1.165) is 0 Å². The number of amides is 2. The van der Waals surface area contributed by atoms with Crippen LogP contribution in [0.5, 0.6) is 0 Å². The van der Waals surface area contributed by atoms with Crippen molar-refractivity contribution >= 4 is 11.8 Å². The monoisotopic (exact) mass is 202 g/mol. The van der Waals surface area contributed by atoms with Gasteiger partial charge in [0, 0.05) is 19.0 Å². The average molecular weight is 202 g/mol. The fourth-order valence-electron chi connectivity index (χ4n) is 1.63. The van der Waals surface area contributed by atoms with Gasteiger partial charge < -0.3 is 10.2 Å². The van der Waals surface area contributed by atoms with Gasteiger partial charge in [-0.3, -0.25) is 9.59 Å². The van der Waals surface area contributed by atoms with Gasteiger partial charge in [-0.1, -0.05) is 0 Å². The van der Waals surface area contributed by atoms with Crippen molar-refractivity contribution in [2.45, 2.75) is 32.4 Å². The van der Waals surface area contributed by atoms with Crippen LogP contribution in [0.1, 0.15) is 20.3 Å². The average Bonchev–Trinajstić information content (AvgIpc) is 2.18. The van der Waals surface area contributed by atoms with Crippen molar-refractivity contribution in [1.29, 1.82) is 0 Å². The van der Waals surface area contributed by atoms with Crippen molar-refractivity contribution in [3.63, 3.8) is 0 Å². The zero-order valence-electron chi connectivity index (χ0n) is 8.42. The summed E-state index contributed by atoms with van der Waals surface area (Å²) >= 11 is 0. The minimum atomic E-state index is -0.572. The largest absolute Gasteiger partial charge is 0.345 e. The fourth-order valence-corrected chi connectivity index (χ4v) is 1.63. The molecule has 0 aromatic rings. The standard InChI is InChI=1S/C9H15FN2O2/c1-6-5-8(13)11-7(2)9(14)12(6)4-3-10/h6-7H,3-5H2,1-2H3,(H,11,13). The molecule has 1 saturated heterocycles. The number of carbonyl (C=O) groups excluding carboxylic acids is 2. The highest BCUT2D eigenvalue weighted by atomic mass is 19.1. The van der Waals surface area contributed by atoms with Crippen LogP contribution in [0.15, 0.2) is 0 Å². The van der Waals surface area contributed by atoms with E-state index in [4.69, 9.17) is 0 Å². The normalized spacial score (nSPS) is 28.6. The van der Waals surface area contributed by atoms with Gasteiger partial charge in [0.25, 0.3) is 0 Å². The summed E-state index contributed by atoms with van der Waals surface area (Å²) in [7, 11) is 0. The highest BCUT2D eigenvalue weighted by Gasteiger charge is 2.30. The van der Waals surface area contributed by atoms with Gasteiger partial charge in [-0.05, 0) is 13.8 Å². The zero-order chi connectivity index (χ0) is 10.7. The Hall–Kier alpha value is -1.13. The molecule has 1 heterocycles. The number of hydrogen-bond acceptors (Lipinski definition) is 2. The summed E-state index contributed by atoms with van der Waals surface area (Å²) in [6, 6.07) is -0.762. The highest BCUT2D eigenvalue weighted by Crippen LogP contribution is 2.10. The second kappa shape index (κ2) is 4.39. The number of alkyl halides is 1. The molecule has 1 fully saturated rings. The Bertz CT molecular complexity index is 245. The molecule has 1 aliphatic rings. The second-order valence-electron chi connectivity index (χ2n) is 3.56. The number of hydrogen-bond donors (Lipinski definition) is 1. The third kappa shape index (κ3) is 2.21. The van der Waals surface area contributed by atoms with Crippen molar-refractivity contribution < 1.29 is 14.0 Å². The molecule has 2 unspecified atom stereocenters. The molecule has 80 valence electrons. The van der Waals surface area contributed by atoms with Gasteiger partial charge in [-0.25, -0.2) is 4.39 Å². The van der Waals surface area contributed by atoms with Crippen LogP contribution in [0.25, 0.3) is 0 Å². The Balaban J connectivity index is 2.79. The van der Waals surface area contributed by atoms with Crippen molar-refractivity contribution in [2.24, 2.45) is 0 Å². The first-order valence-corrected chi connectivity index (χ1v) is 4.72. The molecule has 0 bridgehead atoms. The van der Waals surface area contributed by atoms with Crippen molar-refractivity contribution in [2.75, 3.05) is 13.2 Å². The number of carbonyl (C=O) groups is 2. The molecule has 1 rings (SSSR count). The Kier molecular flexibility index (Phi) is 3.43. The van der Waals surface area contributed by atoms with Crippen LogP contribution in [0.2, 0.25) is 0 Å². The molecule has 0 radical (unpaired) electrons. The minimum absolute atomic E-state index is 0.0687. The van der Waals surface area contributed by atoms with E-state index in [9.17, 15) is 14.0 Å². The molecule has 5 heteroatoms. The van der Waals surface area contributed by atoms with Crippen LogP contribution in [0.3, 0.4) is 0 Å². The maximum atomic E-state index is 12.2. The summed E-state index contributed by atoms with van der Waals surface area (Å²) in [6.45, 7) is 2.87. The van der Waals surface area contributed by atoms with E-state index < -0.39 is 12.7 Å². The number of nitrogens with zero attached hydrogens (tertiary/aromatic N) is 1. The maximum absolute atomic E-state index is 12.2. The number of nitrogens with one attached hydrogen (secondary N) is 1. The van der Waals surface area contributed by atoms with Crippen LogP contribution in [0, 0.1) is 0 Å². The van der Waals surface area contributed by atoms with Gasteiger partial charge in [0.05, 0.1) is 0 Å². The van der Waals surface area contributed by atoms with Gasteiger partial charge >= 0.3 is 0 Å². The van der Waals surface area contributed by atoms with Crippen molar-refractivity contribution in [3.8, 4) is 0 Å². The lowest BCUT2D eigenvalue weighted by Gasteiger charge is -2.26. The van der Waals surface area contributed by atoms with E-state index in [1.165, 1.54) is 4.90 Å². The lowest BCUT2D eigenvalue weighted by Crippen LogP contribution is -2.45. The number of rotatable bonds is 2. The fraction of sp³-hybridized carbons (Fsp3) is 0.778. The third-order valence-electron chi connectivity index (χ3n) is 2.37. The van der Waals surface area contributed by atoms with Crippen molar-refractivity contribution in [3.05, 3.63) is 0 Å². The van der Waals surface area contributed by atoms with Gasteiger partial charge in [-0.15, -0.1) is 0 Å². The highest BCUT2D eigenvalue weighted by molar-refractivity contribution is 5.90. The van der Waals surface area contributed by atoms with Crippen LogP contribution >= 0.6 is 0 Å². The molecule has 0 aromatic heterocycles. The Labute approximate surface area is 82.5 Å². The van der Waals surface area contributed by atoms with Gasteiger partial charge in [-0.2, -0.15) is 0 Å². The van der Waals surface area contributed by atoms with Gasteiger partial charge in [0.1, 0.15) is 12.7 Å². The molecule has 0 spiro atoms. The molecule has 4 nitrogen and oxygen atoms in total. The topological polar surface area (TPSA) is 49.4 Å². The Morgan fingerprint density at radius 1 is 1.50 bits per heavy atom. The summed E-state index contributed by atoms with van der Waals surface area (Å²) in [6.07, 6.45) is 0.246. The van der Waals surface area contributed by atoms with E-state index >= 15 is 0 Å². The van der Waals surface area contributed by atoms with Crippen LogP contribution in [0.4, 0.5) is 4.39 Å². The molecule has 1 N–H and O–H groups in total. The summed E-state index contributed by atoms with van der Waals surface area (Å²) in [5.74, 6) is -0.360. The first-order chi connectivity index (χ1) is 6.56. The first kappa shape index (κ1) is 10.9. The van der Waals surface area contributed by atoms with E-state index in [1.54, 1.807) is 13.8 Å². The minimum Gasteiger partial charge on any atom is -0.345 e. The lowest BCUT2D eigenvalue weighted by atomic mass is 10.2. The van der Waals surface area contributed by atoms with Crippen molar-refractivity contribution in [1.82, 2.24) is 10.2 Å². The van der Waals surface area contributed by atoms with Gasteiger partial charge in [0.2, 0.25) is 11.8 Å². The van der Waals surface area contributed by atoms with E-state index in [0.29, 0.717) is 0 Å². The predicted octanol–water partition coefficient (Wildman–Crippen LogP) is 0.0814. The molecule has 2 amide bonds. The summed E-state index contributed by atoms with van der Waals surface area (Å²) < 4.78 is 12.2. The molecule has 0 aromatic carbocycles. The van der Waals surface area contributed by atoms with Crippen LogP contribution in [-0.4, -0.2) is 42.0 Å². The summed E-state index contributed by atoms with van der Waals surface area (Å²) in [5, 5.41) is 2.56. The Morgan fingerprint density at radius 3 is 2.71 bits per heavy atom. The first-order valence-electron chi connectivity index (χ1n) is 4.72.